The van der Waals surface area contributed by atoms with E-state index in [0.717, 1.165) is 25.9 Å². The maximum Gasteiger partial charge on any atom is 0.267 e. The molecule has 0 aliphatic heterocycles. The van der Waals surface area contributed by atoms with Crippen LogP contribution in [0, 0.1) is 0 Å². The van der Waals surface area contributed by atoms with Crippen molar-refractivity contribution in [1.82, 2.24) is 5.32 Å². The van der Waals surface area contributed by atoms with Crippen LogP contribution < -0.4 is 5.32 Å². The molecule has 0 radical (unpaired) electrons. The predicted octanol–water partition coefficient (Wildman–Crippen LogP) is 3.98. The van der Waals surface area contributed by atoms with Crippen LogP contribution in [0.5, 0.6) is 0 Å². The molecule has 8 heteroatoms. The number of amides is 1. The average molecular weight is 439 g/mol. The van der Waals surface area contributed by atoms with Crippen molar-refractivity contribution in [3.8, 4) is 0 Å². The normalized spacial score (nSPS) is 13.0. The van der Waals surface area contributed by atoms with Gasteiger partial charge in [-0.2, -0.15) is 8.42 Å². The van der Waals surface area contributed by atoms with Crippen LogP contribution in [0.3, 0.4) is 0 Å². The van der Waals surface area contributed by atoms with Gasteiger partial charge in [0.2, 0.25) is 5.91 Å². The largest absolute Gasteiger partial charge is 0.870 e. The minimum absolute atomic E-state index is 0. The van der Waals surface area contributed by atoms with Gasteiger partial charge in [0.15, 0.2) is 0 Å². The third kappa shape index (κ3) is 19.0. The van der Waals surface area contributed by atoms with Crippen molar-refractivity contribution < 1.29 is 27.7 Å². The maximum absolute atomic E-state index is 11.9. The number of hydrogen-bond acceptors (Lipinski definition) is 4. The van der Waals surface area contributed by atoms with Crippen LogP contribution in [0.15, 0.2) is 0 Å². The molecule has 176 valence electrons. The van der Waals surface area contributed by atoms with Gasteiger partial charge in [0.05, 0.1) is 32.4 Å². The first-order chi connectivity index (χ1) is 13.1. The highest BCUT2D eigenvalue weighted by Gasteiger charge is 2.22. The van der Waals surface area contributed by atoms with E-state index < -0.39 is 15.4 Å². The highest BCUT2D eigenvalue weighted by molar-refractivity contribution is 7.86. The zero-order valence-corrected chi connectivity index (χ0v) is 20.0. The van der Waals surface area contributed by atoms with Crippen LogP contribution in [0.4, 0.5) is 0 Å². The van der Waals surface area contributed by atoms with Crippen molar-refractivity contribution >= 4 is 16.0 Å². The Balaban J connectivity index is 0. The predicted molar refractivity (Wildman–Crippen MR) is 119 cm³/mol. The van der Waals surface area contributed by atoms with Gasteiger partial charge >= 0.3 is 0 Å². The average Bonchev–Trinajstić information content (AvgIpc) is 2.60. The van der Waals surface area contributed by atoms with E-state index in [4.69, 9.17) is 4.55 Å². The summed E-state index contributed by atoms with van der Waals surface area (Å²) < 4.78 is 31.9. The van der Waals surface area contributed by atoms with Gasteiger partial charge in [0.25, 0.3) is 10.1 Å². The van der Waals surface area contributed by atoms with Gasteiger partial charge in [-0.05, 0) is 13.3 Å². The summed E-state index contributed by atoms with van der Waals surface area (Å²) in [5, 5.41) is 2.25. The SMILES string of the molecule is CCCCCCCCCCCNC(=O)CCC[N+](C)(C)CCC(C)S(=O)(=O)O.[OH-]. The topological polar surface area (TPSA) is 113 Å². The van der Waals surface area contributed by atoms with Crippen molar-refractivity contribution in [2.24, 2.45) is 0 Å². The quantitative estimate of drug-likeness (QED) is 0.191. The molecule has 0 bridgehead atoms. The summed E-state index contributed by atoms with van der Waals surface area (Å²) in [6.07, 6.45) is 13.2. The fourth-order valence-electron chi connectivity index (χ4n) is 3.21. The molecule has 1 amide bonds. The molecule has 0 aromatic heterocycles. The van der Waals surface area contributed by atoms with Gasteiger partial charge in [0, 0.05) is 25.8 Å². The molecule has 7 nitrogen and oxygen atoms in total. The van der Waals surface area contributed by atoms with E-state index in [9.17, 15) is 13.2 Å². The lowest BCUT2D eigenvalue weighted by atomic mass is 10.1. The maximum atomic E-state index is 11.9. The molecular weight excluding hydrogens is 392 g/mol. The van der Waals surface area contributed by atoms with Crippen LogP contribution in [-0.4, -0.2) is 67.8 Å². The Bertz CT molecular complexity index is 509. The van der Waals surface area contributed by atoms with E-state index in [1.807, 2.05) is 14.1 Å². The summed E-state index contributed by atoms with van der Waals surface area (Å²) in [4.78, 5) is 11.9. The van der Waals surface area contributed by atoms with Gasteiger partial charge in [-0.25, -0.2) is 0 Å². The van der Waals surface area contributed by atoms with E-state index in [1.165, 1.54) is 58.3 Å². The Labute approximate surface area is 179 Å². The van der Waals surface area contributed by atoms with Crippen molar-refractivity contribution in [2.75, 3.05) is 33.7 Å². The van der Waals surface area contributed by atoms with Crippen LogP contribution in [0.2, 0.25) is 0 Å². The van der Waals surface area contributed by atoms with Crippen LogP contribution in [0.1, 0.15) is 90.9 Å². The van der Waals surface area contributed by atoms with Crippen LogP contribution >= 0.6 is 0 Å². The lowest BCUT2D eigenvalue weighted by Crippen LogP contribution is -2.43. The first-order valence-corrected chi connectivity index (χ1v) is 12.6. The smallest absolute Gasteiger partial charge is 0.267 e. The summed E-state index contributed by atoms with van der Waals surface area (Å²) in [5.41, 5.74) is 0. The van der Waals surface area contributed by atoms with Crippen molar-refractivity contribution in [3.05, 3.63) is 0 Å². The first-order valence-electron chi connectivity index (χ1n) is 11.1. The fourth-order valence-corrected chi connectivity index (χ4v) is 3.61. The second-order valence-corrected chi connectivity index (χ2v) is 10.6. The molecule has 0 fully saturated rings. The second-order valence-electron chi connectivity index (χ2n) is 8.78. The fraction of sp³-hybridized carbons (Fsp3) is 0.952. The zero-order chi connectivity index (χ0) is 21.5. The Morgan fingerprint density at radius 2 is 1.45 bits per heavy atom. The van der Waals surface area contributed by atoms with Crippen molar-refractivity contribution in [1.29, 1.82) is 0 Å². The highest BCUT2D eigenvalue weighted by Crippen LogP contribution is 2.10. The van der Waals surface area contributed by atoms with Crippen LogP contribution in [-0.2, 0) is 14.9 Å². The molecule has 29 heavy (non-hydrogen) atoms. The molecule has 0 aromatic rings. The monoisotopic (exact) mass is 438 g/mol. The molecule has 0 aliphatic carbocycles. The highest BCUT2D eigenvalue weighted by atomic mass is 32.2. The molecule has 3 N–H and O–H groups in total. The number of carbonyl (C=O) groups excluding carboxylic acids is 1. The number of quaternary nitrogens is 1. The number of carbonyl (C=O) groups is 1. The molecule has 0 saturated carbocycles. The molecule has 0 saturated heterocycles. The third-order valence-corrected chi connectivity index (χ3v) is 6.67. The van der Waals surface area contributed by atoms with Gasteiger partial charge in [-0.3, -0.25) is 9.35 Å². The van der Waals surface area contributed by atoms with E-state index in [1.54, 1.807) is 0 Å². The molecule has 0 aliphatic rings. The minimum Gasteiger partial charge on any atom is -0.870 e. The van der Waals surface area contributed by atoms with Gasteiger partial charge in [0.1, 0.15) is 0 Å². The Hall–Kier alpha value is -0.700. The number of hydrogen-bond donors (Lipinski definition) is 2. The van der Waals surface area contributed by atoms with Crippen LogP contribution in [0.25, 0.3) is 0 Å². The lowest BCUT2D eigenvalue weighted by Gasteiger charge is -2.30. The Kier molecular flexibility index (Phi) is 17.9. The number of nitrogens with one attached hydrogen (secondary N) is 1. The van der Waals surface area contributed by atoms with Crippen molar-refractivity contribution in [3.63, 3.8) is 0 Å². The molecule has 0 aromatic carbocycles. The molecule has 1 unspecified atom stereocenters. The summed E-state index contributed by atoms with van der Waals surface area (Å²) in [7, 11) is 0.0915. The van der Waals surface area contributed by atoms with E-state index in [-0.39, 0.29) is 11.4 Å². The molecule has 0 heterocycles. The number of nitrogens with zero attached hydrogens (tertiary/aromatic N) is 1. The zero-order valence-electron chi connectivity index (χ0n) is 19.2. The van der Waals surface area contributed by atoms with Gasteiger partial charge in [-0.1, -0.05) is 58.3 Å². The molecule has 0 rings (SSSR count). The summed E-state index contributed by atoms with van der Waals surface area (Å²) in [5.74, 6) is 0.103. The Morgan fingerprint density at radius 1 is 0.931 bits per heavy atom. The van der Waals surface area contributed by atoms with E-state index in [2.05, 4.69) is 12.2 Å². The van der Waals surface area contributed by atoms with Crippen molar-refractivity contribution in [2.45, 2.75) is 96.1 Å². The van der Waals surface area contributed by atoms with E-state index >= 15 is 0 Å². The summed E-state index contributed by atoms with van der Waals surface area (Å²) in [6, 6.07) is 0. The van der Waals surface area contributed by atoms with Gasteiger partial charge < -0.3 is 15.3 Å². The first kappa shape index (κ1) is 30.5. The Morgan fingerprint density at radius 3 is 1.97 bits per heavy atom. The second kappa shape index (κ2) is 17.0. The van der Waals surface area contributed by atoms with E-state index in [0.29, 0.717) is 23.9 Å². The molecule has 1 atom stereocenters. The molecular formula is C21H46N2O5S. The standard InChI is InChI=1S/C21H44N2O4S.H2O/c1-5-6-7-8-9-10-11-12-13-17-22-21(24)15-14-18-23(3,4)19-16-20(2)28(25,26)27;/h20H,5-19H2,1-4H3,(H-,22,24,25,26,27);1H2. The number of unbranched alkanes of at least 4 members (excludes halogenated alkanes) is 8. The molecule has 0 spiro atoms. The summed E-state index contributed by atoms with van der Waals surface area (Å²) in [6.45, 7) is 5.99. The third-order valence-electron chi connectivity index (χ3n) is 5.42. The summed E-state index contributed by atoms with van der Waals surface area (Å²) >= 11 is 0. The lowest BCUT2D eigenvalue weighted by molar-refractivity contribution is -0.890. The van der Waals surface area contributed by atoms with Gasteiger partial charge in [-0.15, -0.1) is 0 Å². The number of rotatable bonds is 18. The minimum atomic E-state index is -3.96.